The van der Waals surface area contributed by atoms with Gasteiger partial charge in [-0.3, -0.25) is 4.99 Å². The predicted molar refractivity (Wildman–Crippen MR) is 136 cm³/mol. The lowest BCUT2D eigenvalue weighted by Gasteiger charge is -2.24. The molecule has 30 heavy (non-hydrogen) atoms. The molecule has 166 valence electrons. The van der Waals surface area contributed by atoms with Gasteiger partial charge in [-0.1, -0.05) is 36.4 Å². The van der Waals surface area contributed by atoms with Gasteiger partial charge in [-0.2, -0.15) is 0 Å². The van der Waals surface area contributed by atoms with Crippen LogP contribution in [0.4, 0.5) is 0 Å². The first-order valence-electron chi connectivity index (χ1n) is 10.0. The highest BCUT2D eigenvalue weighted by atomic mass is 127. The SMILES string of the molecule is CCNC(=NCC(c1ccc(OC)c(OC)c1)N(C)C)NCCc1ccccc1.I. The molecule has 0 aliphatic carbocycles. The molecule has 1 atom stereocenters. The predicted octanol–water partition coefficient (Wildman–Crippen LogP) is 3.72. The Balaban J connectivity index is 0.00000450. The molecular weight excluding hydrogens is 491 g/mol. The lowest BCUT2D eigenvalue weighted by Crippen LogP contribution is -2.39. The molecule has 0 aliphatic rings. The fourth-order valence-electron chi connectivity index (χ4n) is 3.12. The van der Waals surface area contributed by atoms with Crippen molar-refractivity contribution >= 4 is 29.9 Å². The molecule has 0 amide bonds. The van der Waals surface area contributed by atoms with Crippen molar-refractivity contribution in [2.45, 2.75) is 19.4 Å². The second-order valence-corrected chi connectivity index (χ2v) is 6.98. The number of ether oxygens (including phenoxy) is 2. The van der Waals surface area contributed by atoms with Gasteiger partial charge in [0.25, 0.3) is 0 Å². The van der Waals surface area contributed by atoms with Gasteiger partial charge >= 0.3 is 0 Å². The van der Waals surface area contributed by atoms with Crippen molar-refractivity contribution in [1.29, 1.82) is 0 Å². The van der Waals surface area contributed by atoms with E-state index in [9.17, 15) is 0 Å². The summed E-state index contributed by atoms with van der Waals surface area (Å²) < 4.78 is 10.8. The lowest BCUT2D eigenvalue weighted by molar-refractivity contribution is 0.303. The Labute approximate surface area is 198 Å². The highest BCUT2D eigenvalue weighted by Gasteiger charge is 2.16. The molecule has 0 saturated carbocycles. The Morgan fingerprint density at radius 1 is 1.00 bits per heavy atom. The molecule has 0 fully saturated rings. The van der Waals surface area contributed by atoms with Gasteiger partial charge in [-0.05, 0) is 50.7 Å². The summed E-state index contributed by atoms with van der Waals surface area (Å²) in [4.78, 5) is 6.99. The molecular formula is C23H35IN4O2. The number of nitrogens with one attached hydrogen (secondary N) is 2. The van der Waals surface area contributed by atoms with Crippen LogP contribution in [-0.4, -0.2) is 58.8 Å². The number of benzene rings is 2. The van der Waals surface area contributed by atoms with Crippen LogP contribution in [0.2, 0.25) is 0 Å². The quantitative estimate of drug-likeness (QED) is 0.281. The Hall–Kier alpha value is -2.00. The molecule has 1 unspecified atom stereocenters. The van der Waals surface area contributed by atoms with E-state index < -0.39 is 0 Å². The maximum atomic E-state index is 5.46. The van der Waals surface area contributed by atoms with E-state index in [0.717, 1.165) is 42.5 Å². The second-order valence-electron chi connectivity index (χ2n) is 6.98. The minimum atomic E-state index is 0. The molecule has 6 nitrogen and oxygen atoms in total. The van der Waals surface area contributed by atoms with Crippen LogP contribution in [0.3, 0.4) is 0 Å². The van der Waals surface area contributed by atoms with E-state index in [4.69, 9.17) is 14.5 Å². The van der Waals surface area contributed by atoms with E-state index in [1.165, 1.54) is 5.56 Å². The molecule has 2 rings (SSSR count). The average molecular weight is 526 g/mol. The molecule has 7 heteroatoms. The van der Waals surface area contributed by atoms with Gasteiger partial charge in [0, 0.05) is 13.1 Å². The van der Waals surface area contributed by atoms with Gasteiger partial charge in [-0.25, -0.2) is 0 Å². The van der Waals surface area contributed by atoms with Crippen molar-refractivity contribution < 1.29 is 9.47 Å². The summed E-state index contributed by atoms with van der Waals surface area (Å²) in [5.74, 6) is 2.29. The maximum absolute atomic E-state index is 5.46. The highest BCUT2D eigenvalue weighted by molar-refractivity contribution is 14.0. The third kappa shape index (κ3) is 8.02. The monoisotopic (exact) mass is 526 g/mol. The number of rotatable bonds is 10. The Bertz CT molecular complexity index is 769. The zero-order valence-corrected chi connectivity index (χ0v) is 21.0. The molecule has 2 aromatic carbocycles. The maximum Gasteiger partial charge on any atom is 0.191 e. The van der Waals surface area contributed by atoms with Crippen molar-refractivity contribution in [2.24, 2.45) is 4.99 Å². The first-order chi connectivity index (χ1) is 14.1. The molecule has 2 N–H and O–H groups in total. The van der Waals surface area contributed by atoms with E-state index in [1.54, 1.807) is 14.2 Å². The number of halogens is 1. The highest BCUT2D eigenvalue weighted by Crippen LogP contribution is 2.31. The second kappa shape index (κ2) is 14.1. The van der Waals surface area contributed by atoms with Gasteiger partial charge in [0.1, 0.15) is 0 Å². The number of hydrogen-bond acceptors (Lipinski definition) is 4. The molecule has 0 heterocycles. The summed E-state index contributed by atoms with van der Waals surface area (Å²) >= 11 is 0. The Morgan fingerprint density at radius 2 is 1.70 bits per heavy atom. The third-order valence-corrected chi connectivity index (χ3v) is 4.73. The van der Waals surface area contributed by atoms with Crippen molar-refractivity contribution in [3.63, 3.8) is 0 Å². The molecule has 0 saturated heterocycles. The number of nitrogens with zero attached hydrogens (tertiary/aromatic N) is 2. The van der Waals surface area contributed by atoms with Crippen LogP contribution in [0.25, 0.3) is 0 Å². The third-order valence-electron chi connectivity index (χ3n) is 4.73. The number of methoxy groups -OCH3 is 2. The van der Waals surface area contributed by atoms with Gasteiger partial charge in [0.15, 0.2) is 17.5 Å². The average Bonchev–Trinajstić information content (AvgIpc) is 2.74. The summed E-state index contributed by atoms with van der Waals surface area (Å²) in [6.45, 7) is 4.36. The van der Waals surface area contributed by atoms with Crippen molar-refractivity contribution in [3.8, 4) is 11.5 Å². The molecule has 0 aromatic heterocycles. The number of aliphatic imine (C=N–C) groups is 1. The summed E-state index contributed by atoms with van der Waals surface area (Å²) in [5.41, 5.74) is 2.45. The first kappa shape index (κ1) is 26.0. The summed E-state index contributed by atoms with van der Waals surface area (Å²) in [5, 5.41) is 6.76. The minimum Gasteiger partial charge on any atom is -0.493 e. The minimum absolute atomic E-state index is 0. The largest absolute Gasteiger partial charge is 0.493 e. The van der Waals surface area contributed by atoms with E-state index in [0.29, 0.717) is 6.54 Å². The topological polar surface area (TPSA) is 58.1 Å². The molecule has 0 radical (unpaired) electrons. The van der Waals surface area contributed by atoms with Crippen LogP contribution in [0.5, 0.6) is 11.5 Å². The zero-order valence-electron chi connectivity index (χ0n) is 18.6. The van der Waals surface area contributed by atoms with E-state index in [1.807, 2.05) is 18.2 Å². The van der Waals surface area contributed by atoms with Crippen LogP contribution >= 0.6 is 24.0 Å². The summed E-state index contributed by atoms with van der Waals surface area (Å²) in [7, 11) is 7.43. The lowest BCUT2D eigenvalue weighted by atomic mass is 10.1. The smallest absolute Gasteiger partial charge is 0.191 e. The van der Waals surface area contributed by atoms with Crippen molar-refractivity contribution in [2.75, 3.05) is 47.9 Å². The zero-order chi connectivity index (χ0) is 21.1. The summed E-state index contributed by atoms with van der Waals surface area (Å²) in [6, 6.07) is 16.6. The van der Waals surface area contributed by atoms with Gasteiger partial charge < -0.3 is 25.0 Å². The summed E-state index contributed by atoms with van der Waals surface area (Å²) in [6.07, 6.45) is 0.956. The Morgan fingerprint density at radius 3 is 2.30 bits per heavy atom. The number of hydrogen-bond donors (Lipinski definition) is 2. The van der Waals surface area contributed by atoms with Crippen LogP contribution < -0.4 is 20.1 Å². The van der Waals surface area contributed by atoms with Crippen molar-refractivity contribution in [1.82, 2.24) is 15.5 Å². The van der Waals surface area contributed by atoms with E-state index in [2.05, 4.69) is 66.9 Å². The first-order valence-corrected chi connectivity index (χ1v) is 10.0. The fourth-order valence-corrected chi connectivity index (χ4v) is 3.12. The van der Waals surface area contributed by atoms with Gasteiger partial charge in [0.05, 0.1) is 26.8 Å². The van der Waals surface area contributed by atoms with Crippen LogP contribution in [0.1, 0.15) is 24.1 Å². The Kier molecular flexibility index (Phi) is 12.2. The van der Waals surface area contributed by atoms with Crippen molar-refractivity contribution in [3.05, 3.63) is 59.7 Å². The van der Waals surface area contributed by atoms with Gasteiger partial charge in [0.2, 0.25) is 0 Å². The van der Waals surface area contributed by atoms with Crippen LogP contribution in [0.15, 0.2) is 53.5 Å². The molecule has 2 aromatic rings. The van der Waals surface area contributed by atoms with E-state index in [-0.39, 0.29) is 30.0 Å². The number of guanidine groups is 1. The normalized spacial score (nSPS) is 12.1. The number of likely N-dealkylation sites (N-methyl/N-ethyl adjacent to an activating group) is 1. The molecule has 0 spiro atoms. The van der Waals surface area contributed by atoms with Crippen LogP contribution in [-0.2, 0) is 6.42 Å². The van der Waals surface area contributed by atoms with E-state index >= 15 is 0 Å². The molecule has 0 aliphatic heterocycles. The fraction of sp³-hybridized carbons (Fsp3) is 0.435. The van der Waals surface area contributed by atoms with Gasteiger partial charge in [-0.15, -0.1) is 24.0 Å². The van der Waals surface area contributed by atoms with Crippen LogP contribution in [0, 0.1) is 0 Å². The standard InChI is InChI=1S/C23H34N4O2.HI/c1-6-24-23(25-15-14-18-10-8-7-9-11-18)26-17-20(27(2)3)19-12-13-21(28-4)22(16-19)29-5;/h7-13,16,20H,6,14-15,17H2,1-5H3,(H2,24,25,26);1H. The molecule has 0 bridgehead atoms.